The molecule has 1 fully saturated rings. The molecular formula is C13H28N2. The van der Waals surface area contributed by atoms with Gasteiger partial charge in [-0.15, -0.1) is 0 Å². The Kier molecular flexibility index (Phi) is 4.60. The molecule has 0 aromatic carbocycles. The lowest BCUT2D eigenvalue weighted by atomic mass is 9.85. The van der Waals surface area contributed by atoms with E-state index in [1.807, 2.05) is 0 Å². The molecule has 0 amide bonds. The largest absolute Gasteiger partial charge is 0.327 e. The van der Waals surface area contributed by atoms with Gasteiger partial charge >= 0.3 is 0 Å². The highest BCUT2D eigenvalue weighted by atomic mass is 15.1. The van der Waals surface area contributed by atoms with Crippen molar-refractivity contribution in [1.29, 1.82) is 0 Å². The quantitative estimate of drug-likeness (QED) is 0.758. The highest BCUT2D eigenvalue weighted by Gasteiger charge is 2.26. The van der Waals surface area contributed by atoms with Gasteiger partial charge in [-0.05, 0) is 38.1 Å². The van der Waals surface area contributed by atoms with Crippen molar-refractivity contribution in [2.24, 2.45) is 17.1 Å². The monoisotopic (exact) mass is 212 g/mol. The molecule has 0 aliphatic heterocycles. The molecule has 2 N–H and O–H groups in total. The van der Waals surface area contributed by atoms with Gasteiger partial charge in [0.15, 0.2) is 0 Å². The molecule has 0 aromatic rings. The van der Waals surface area contributed by atoms with Crippen LogP contribution in [0.2, 0.25) is 0 Å². The zero-order valence-electron chi connectivity index (χ0n) is 10.9. The van der Waals surface area contributed by atoms with Gasteiger partial charge in [-0.2, -0.15) is 0 Å². The van der Waals surface area contributed by atoms with E-state index >= 15 is 0 Å². The minimum atomic E-state index is 0.230. The van der Waals surface area contributed by atoms with Gasteiger partial charge in [-0.25, -0.2) is 0 Å². The number of nitrogens with zero attached hydrogens (tertiary/aromatic N) is 1. The molecule has 15 heavy (non-hydrogen) atoms. The maximum absolute atomic E-state index is 6.00. The normalized spacial score (nSPS) is 21.2. The minimum Gasteiger partial charge on any atom is -0.327 e. The summed E-state index contributed by atoms with van der Waals surface area (Å²) in [6.45, 7) is 9.02. The molecule has 0 radical (unpaired) electrons. The summed E-state index contributed by atoms with van der Waals surface area (Å²) in [5.74, 6) is 0.943. The van der Waals surface area contributed by atoms with Crippen molar-refractivity contribution in [3.05, 3.63) is 0 Å². The molecule has 1 rings (SSSR count). The van der Waals surface area contributed by atoms with E-state index in [1.54, 1.807) is 0 Å². The van der Waals surface area contributed by atoms with Crippen molar-refractivity contribution >= 4 is 0 Å². The van der Waals surface area contributed by atoms with Crippen LogP contribution in [0.4, 0.5) is 0 Å². The summed E-state index contributed by atoms with van der Waals surface area (Å²) in [5, 5.41) is 0. The maximum atomic E-state index is 6.00. The van der Waals surface area contributed by atoms with Gasteiger partial charge in [0, 0.05) is 19.1 Å². The first-order valence-electron chi connectivity index (χ1n) is 6.36. The van der Waals surface area contributed by atoms with E-state index in [9.17, 15) is 0 Å². The summed E-state index contributed by atoms with van der Waals surface area (Å²) in [4.78, 5) is 2.47. The molecule has 0 heterocycles. The molecule has 1 aliphatic rings. The molecular weight excluding hydrogens is 184 g/mol. The standard InChI is InChI=1S/C13H28N2/c1-11(14)13(2,3)10-15(4)9-12-7-5-6-8-12/h11-12H,5-10,14H2,1-4H3. The Morgan fingerprint density at radius 3 is 2.33 bits per heavy atom. The van der Waals surface area contributed by atoms with E-state index in [1.165, 1.54) is 32.2 Å². The average molecular weight is 212 g/mol. The smallest absolute Gasteiger partial charge is 0.00739 e. The van der Waals surface area contributed by atoms with Crippen LogP contribution in [0.5, 0.6) is 0 Å². The first kappa shape index (κ1) is 13.0. The van der Waals surface area contributed by atoms with Gasteiger partial charge in [0.2, 0.25) is 0 Å². The molecule has 0 saturated heterocycles. The summed E-state index contributed by atoms with van der Waals surface area (Å²) in [5.41, 5.74) is 6.23. The highest BCUT2D eigenvalue weighted by molar-refractivity contribution is 4.81. The number of hydrogen-bond donors (Lipinski definition) is 1. The fourth-order valence-corrected chi connectivity index (χ4v) is 2.54. The lowest BCUT2D eigenvalue weighted by Gasteiger charge is -2.34. The molecule has 0 spiro atoms. The Labute approximate surface area is 95.2 Å². The summed E-state index contributed by atoms with van der Waals surface area (Å²) in [7, 11) is 2.24. The maximum Gasteiger partial charge on any atom is 0.00739 e. The Morgan fingerprint density at radius 2 is 1.87 bits per heavy atom. The van der Waals surface area contributed by atoms with E-state index in [-0.39, 0.29) is 11.5 Å². The Hall–Kier alpha value is -0.0800. The summed E-state index contributed by atoms with van der Waals surface area (Å²) in [6, 6.07) is 0.267. The lowest BCUT2D eigenvalue weighted by Crippen LogP contribution is -2.44. The third-order valence-electron chi connectivity index (χ3n) is 3.95. The molecule has 1 atom stereocenters. The highest BCUT2D eigenvalue weighted by Crippen LogP contribution is 2.27. The number of nitrogens with two attached hydrogens (primary N) is 1. The van der Waals surface area contributed by atoms with E-state index in [2.05, 4.69) is 32.7 Å². The van der Waals surface area contributed by atoms with Crippen molar-refractivity contribution in [2.45, 2.75) is 52.5 Å². The van der Waals surface area contributed by atoms with E-state index in [0.717, 1.165) is 12.5 Å². The molecule has 2 nitrogen and oxygen atoms in total. The van der Waals surface area contributed by atoms with Crippen LogP contribution in [0.3, 0.4) is 0 Å². The first-order valence-corrected chi connectivity index (χ1v) is 6.36. The number of rotatable bonds is 5. The first-order chi connectivity index (χ1) is 6.92. The summed E-state index contributed by atoms with van der Waals surface area (Å²) in [6.07, 6.45) is 5.75. The zero-order chi connectivity index (χ0) is 11.5. The minimum absolute atomic E-state index is 0.230. The molecule has 1 unspecified atom stereocenters. The fourth-order valence-electron chi connectivity index (χ4n) is 2.54. The topological polar surface area (TPSA) is 29.3 Å². The number of hydrogen-bond acceptors (Lipinski definition) is 2. The van der Waals surface area contributed by atoms with Gasteiger partial charge < -0.3 is 10.6 Å². The summed E-state index contributed by atoms with van der Waals surface area (Å²) < 4.78 is 0. The second-order valence-electron chi connectivity index (χ2n) is 6.12. The predicted molar refractivity (Wildman–Crippen MR) is 66.9 cm³/mol. The third-order valence-corrected chi connectivity index (χ3v) is 3.95. The molecule has 0 bridgehead atoms. The Balaban J connectivity index is 2.31. The van der Waals surface area contributed by atoms with Crippen LogP contribution in [-0.2, 0) is 0 Å². The second-order valence-corrected chi connectivity index (χ2v) is 6.12. The molecule has 90 valence electrons. The van der Waals surface area contributed by atoms with Gasteiger partial charge in [0.1, 0.15) is 0 Å². The van der Waals surface area contributed by atoms with E-state index in [4.69, 9.17) is 5.73 Å². The van der Waals surface area contributed by atoms with E-state index in [0.29, 0.717) is 0 Å². The van der Waals surface area contributed by atoms with Crippen LogP contribution in [0, 0.1) is 11.3 Å². The fraction of sp³-hybridized carbons (Fsp3) is 1.00. The van der Waals surface area contributed by atoms with Crippen molar-refractivity contribution in [1.82, 2.24) is 4.90 Å². The van der Waals surface area contributed by atoms with Crippen molar-refractivity contribution in [2.75, 3.05) is 20.1 Å². The second kappa shape index (κ2) is 5.31. The predicted octanol–water partition coefficient (Wildman–Crippen LogP) is 2.48. The van der Waals surface area contributed by atoms with Crippen LogP contribution in [0.15, 0.2) is 0 Å². The summed E-state index contributed by atoms with van der Waals surface area (Å²) >= 11 is 0. The molecule has 1 saturated carbocycles. The van der Waals surface area contributed by atoms with E-state index < -0.39 is 0 Å². The van der Waals surface area contributed by atoms with Crippen LogP contribution in [0.1, 0.15) is 46.5 Å². The molecule has 1 aliphatic carbocycles. The van der Waals surface area contributed by atoms with Gasteiger partial charge in [-0.3, -0.25) is 0 Å². The zero-order valence-corrected chi connectivity index (χ0v) is 10.9. The Bertz CT molecular complexity index is 181. The average Bonchev–Trinajstić information content (AvgIpc) is 2.54. The SMILES string of the molecule is CC(N)C(C)(C)CN(C)CC1CCCC1. The van der Waals surface area contributed by atoms with Gasteiger partial charge in [0.05, 0.1) is 0 Å². The van der Waals surface area contributed by atoms with Crippen LogP contribution in [0.25, 0.3) is 0 Å². The molecule has 2 heteroatoms. The lowest BCUT2D eigenvalue weighted by molar-refractivity contribution is 0.166. The van der Waals surface area contributed by atoms with Crippen LogP contribution >= 0.6 is 0 Å². The van der Waals surface area contributed by atoms with Gasteiger partial charge in [0.25, 0.3) is 0 Å². The van der Waals surface area contributed by atoms with Crippen LogP contribution in [-0.4, -0.2) is 31.1 Å². The van der Waals surface area contributed by atoms with Gasteiger partial charge in [-0.1, -0.05) is 26.7 Å². The Morgan fingerprint density at radius 1 is 1.33 bits per heavy atom. The molecule has 0 aromatic heterocycles. The van der Waals surface area contributed by atoms with Crippen molar-refractivity contribution in [3.63, 3.8) is 0 Å². The van der Waals surface area contributed by atoms with Crippen LogP contribution < -0.4 is 5.73 Å². The van der Waals surface area contributed by atoms with Crippen molar-refractivity contribution in [3.8, 4) is 0 Å². The van der Waals surface area contributed by atoms with Crippen molar-refractivity contribution < 1.29 is 0 Å². The third kappa shape index (κ3) is 4.12.